The van der Waals surface area contributed by atoms with Crippen molar-refractivity contribution in [3.8, 4) is 0 Å². The van der Waals surface area contributed by atoms with Gasteiger partial charge in [0.25, 0.3) is 0 Å². The number of carboxylic acid groups (broad SMARTS) is 1. The molecule has 3 nitrogen and oxygen atoms in total. The van der Waals surface area contributed by atoms with Crippen LogP contribution >= 0.6 is 0 Å². The van der Waals surface area contributed by atoms with Gasteiger partial charge in [0.1, 0.15) is 0 Å². The molecule has 1 aromatic carbocycles. The van der Waals surface area contributed by atoms with Gasteiger partial charge in [-0.15, -0.1) is 0 Å². The zero-order chi connectivity index (χ0) is 9.42. The van der Waals surface area contributed by atoms with Crippen LogP contribution in [0.3, 0.4) is 0 Å². The molecular formula is C10H10NO2-. The highest BCUT2D eigenvalue weighted by molar-refractivity contribution is 5.71. The molecule has 0 radical (unpaired) electrons. The highest BCUT2D eigenvalue weighted by Gasteiger charge is 2.23. The maximum absolute atomic E-state index is 10.6. The largest absolute Gasteiger partial charge is 0.550 e. The van der Waals surface area contributed by atoms with E-state index in [2.05, 4.69) is 0 Å². The number of hydrogen-bond donors (Lipinski definition) is 1. The van der Waals surface area contributed by atoms with Crippen molar-refractivity contribution in [2.24, 2.45) is 5.92 Å². The molecule has 0 bridgehead atoms. The summed E-state index contributed by atoms with van der Waals surface area (Å²) >= 11 is 0. The molecule has 0 saturated carbocycles. The second kappa shape index (κ2) is 2.76. The van der Waals surface area contributed by atoms with Crippen LogP contribution in [-0.4, -0.2) is 5.97 Å². The molecule has 3 heteroatoms. The third-order valence-electron chi connectivity index (χ3n) is 2.56. The number of rotatable bonds is 1. The van der Waals surface area contributed by atoms with Crippen LogP contribution in [0, 0.1) is 5.92 Å². The van der Waals surface area contributed by atoms with Gasteiger partial charge in [0, 0.05) is 17.6 Å². The van der Waals surface area contributed by atoms with Crippen molar-refractivity contribution in [1.82, 2.24) is 0 Å². The van der Waals surface area contributed by atoms with Crippen molar-refractivity contribution in [2.75, 3.05) is 5.73 Å². The van der Waals surface area contributed by atoms with Gasteiger partial charge in [0.15, 0.2) is 0 Å². The van der Waals surface area contributed by atoms with E-state index in [9.17, 15) is 9.90 Å². The lowest BCUT2D eigenvalue weighted by molar-refractivity contribution is -0.311. The molecule has 13 heavy (non-hydrogen) atoms. The number of benzene rings is 1. The SMILES string of the molecule is Nc1cccc2c1CC(C(=O)[O-])C2. The van der Waals surface area contributed by atoms with Crippen LogP contribution in [0.15, 0.2) is 18.2 Å². The first-order chi connectivity index (χ1) is 6.18. The first-order valence-corrected chi connectivity index (χ1v) is 4.25. The molecule has 0 amide bonds. The van der Waals surface area contributed by atoms with E-state index in [1.165, 1.54) is 0 Å². The Kier molecular flexibility index (Phi) is 1.72. The number of carboxylic acids is 1. The molecule has 0 fully saturated rings. The van der Waals surface area contributed by atoms with E-state index in [0.29, 0.717) is 18.5 Å². The molecule has 0 heterocycles. The number of nitrogen functional groups attached to an aromatic ring is 1. The fourth-order valence-electron chi connectivity index (χ4n) is 1.85. The average Bonchev–Trinajstić information content (AvgIpc) is 2.49. The Morgan fingerprint density at radius 2 is 2.23 bits per heavy atom. The fourth-order valence-corrected chi connectivity index (χ4v) is 1.85. The third-order valence-corrected chi connectivity index (χ3v) is 2.56. The minimum Gasteiger partial charge on any atom is -0.550 e. The summed E-state index contributed by atoms with van der Waals surface area (Å²) in [7, 11) is 0. The summed E-state index contributed by atoms with van der Waals surface area (Å²) in [5, 5.41) is 10.6. The summed E-state index contributed by atoms with van der Waals surface area (Å²) in [5.41, 5.74) is 8.45. The van der Waals surface area contributed by atoms with E-state index >= 15 is 0 Å². The molecule has 1 aliphatic carbocycles. The minimum absolute atomic E-state index is 0.389. The van der Waals surface area contributed by atoms with Gasteiger partial charge in [-0.2, -0.15) is 0 Å². The van der Waals surface area contributed by atoms with Gasteiger partial charge >= 0.3 is 0 Å². The molecule has 1 unspecified atom stereocenters. The van der Waals surface area contributed by atoms with Crippen LogP contribution in [0.4, 0.5) is 5.69 Å². The van der Waals surface area contributed by atoms with Gasteiger partial charge < -0.3 is 15.6 Å². The Morgan fingerprint density at radius 1 is 1.46 bits per heavy atom. The van der Waals surface area contributed by atoms with Crippen LogP contribution in [0.1, 0.15) is 11.1 Å². The lowest BCUT2D eigenvalue weighted by atomic mass is 10.1. The van der Waals surface area contributed by atoms with Crippen molar-refractivity contribution in [3.05, 3.63) is 29.3 Å². The zero-order valence-electron chi connectivity index (χ0n) is 7.12. The molecule has 2 rings (SSSR count). The van der Waals surface area contributed by atoms with Crippen molar-refractivity contribution in [2.45, 2.75) is 12.8 Å². The number of hydrogen-bond acceptors (Lipinski definition) is 3. The van der Waals surface area contributed by atoms with Crippen molar-refractivity contribution in [1.29, 1.82) is 0 Å². The Balaban J connectivity index is 2.35. The molecule has 0 aliphatic heterocycles. The number of carbonyl (C=O) groups excluding carboxylic acids is 1. The summed E-state index contributed by atoms with van der Waals surface area (Å²) < 4.78 is 0. The highest BCUT2D eigenvalue weighted by Crippen LogP contribution is 2.30. The number of anilines is 1. The normalized spacial score (nSPS) is 19.8. The van der Waals surface area contributed by atoms with Crippen molar-refractivity contribution in [3.63, 3.8) is 0 Å². The van der Waals surface area contributed by atoms with E-state index in [1.54, 1.807) is 6.07 Å². The fraction of sp³-hybridized carbons (Fsp3) is 0.300. The predicted octanol–water partition coefficient (Wildman–Crippen LogP) is -0.267. The number of aliphatic carboxylic acids is 1. The molecule has 1 aliphatic rings. The molecule has 0 spiro atoms. The summed E-state index contributed by atoms with van der Waals surface area (Å²) in [6.07, 6.45) is 1.08. The van der Waals surface area contributed by atoms with Crippen molar-refractivity contribution < 1.29 is 9.90 Å². The van der Waals surface area contributed by atoms with Gasteiger partial charge in [-0.3, -0.25) is 0 Å². The predicted molar refractivity (Wildman–Crippen MR) is 46.8 cm³/mol. The second-order valence-electron chi connectivity index (χ2n) is 3.41. The third kappa shape index (κ3) is 1.26. The molecule has 0 aromatic heterocycles. The van der Waals surface area contributed by atoms with Gasteiger partial charge in [-0.05, 0) is 30.0 Å². The molecule has 1 aromatic rings. The van der Waals surface area contributed by atoms with Crippen LogP contribution in [0.2, 0.25) is 0 Å². The first kappa shape index (κ1) is 8.10. The Labute approximate surface area is 76.2 Å². The summed E-state index contributed by atoms with van der Waals surface area (Å²) in [6, 6.07) is 5.58. The molecule has 0 saturated heterocycles. The van der Waals surface area contributed by atoms with E-state index in [-0.39, 0.29) is 5.92 Å². The Morgan fingerprint density at radius 3 is 2.85 bits per heavy atom. The quantitative estimate of drug-likeness (QED) is 0.599. The van der Waals surface area contributed by atoms with Crippen LogP contribution in [0.5, 0.6) is 0 Å². The topological polar surface area (TPSA) is 66.2 Å². The molecule has 2 N–H and O–H groups in total. The number of carbonyl (C=O) groups is 1. The van der Waals surface area contributed by atoms with Gasteiger partial charge in [0.2, 0.25) is 0 Å². The van der Waals surface area contributed by atoms with Crippen LogP contribution in [-0.2, 0) is 17.6 Å². The zero-order valence-corrected chi connectivity index (χ0v) is 7.12. The summed E-state index contributed by atoms with van der Waals surface area (Å²) in [5.74, 6) is -1.37. The first-order valence-electron chi connectivity index (χ1n) is 4.25. The van der Waals surface area contributed by atoms with Crippen LogP contribution < -0.4 is 10.8 Å². The Hall–Kier alpha value is -1.51. The maximum atomic E-state index is 10.6. The number of fused-ring (bicyclic) bond motifs is 1. The van der Waals surface area contributed by atoms with E-state index in [4.69, 9.17) is 5.73 Å². The van der Waals surface area contributed by atoms with Gasteiger partial charge in [-0.25, -0.2) is 0 Å². The highest BCUT2D eigenvalue weighted by atomic mass is 16.4. The lowest BCUT2D eigenvalue weighted by Gasteiger charge is -2.08. The molecule has 1 atom stereocenters. The number of nitrogens with two attached hydrogens (primary N) is 1. The van der Waals surface area contributed by atoms with E-state index in [0.717, 1.165) is 11.1 Å². The van der Waals surface area contributed by atoms with E-state index < -0.39 is 5.97 Å². The Bertz CT molecular complexity index is 360. The monoisotopic (exact) mass is 176 g/mol. The standard InChI is InChI=1S/C10H11NO2/c11-9-3-1-2-6-4-7(10(12)13)5-8(6)9/h1-3,7H,4-5,11H2,(H,12,13)/p-1. The lowest BCUT2D eigenvalue weighted by Crippen LogP contribution is -2.31. The van der Waals surface area contributed by atoms with Crippen molar-refractivity contribution >= 4 is 11.7 Å². The average molecular weight is 176 g/mol. The molecule has 68 valence electrons. The summed E-state index contributed by atoms with van der Waals surface area (Å²) in [4.78, 5) is 10.6. The van der Waals surface area contributed by atoms with E-state index in [1.807, 2.05) is 12.1 Å². The second-order valence-corrected chi connectivity index (χ2v) is 3.41. The van der Waals surface area contributed by atoms with Gasteiger partial charge in [-0.1, -0.05) is 12.1 Å². The smallest absolute Gasteiger partial charge is 0.0451 e. The van der Waals surface area contributed by atoms with Crippen LogP contribution in [0.25, 0.3) is 0 Å². The van der Waals surface area contributed by atoms with Gasteiger partial charge in [0.05, 0.1) is 0 Å². The minimum atomic E-state index is -0.976. The molecular weight excluding hydrogens is 166 g/mol. The maximum Gasteiger partial charge on any atom is 0.0451 e. The summed E-state index contributed by atoms with van der Waals surface area (Å²) in [6.45, 7) is 0.